The average Bonchev–Trinajstić information content (AvgIpc) is 3.27. The first-order valence-electron chi connectivity index (χ1n) is 8.33. The van der Waals surface area contributed by atoms with Gasteiger partial charge in [0.15, 0.2) is 0 Å². The van der Waals surface area contributed by atoms with Crippen LogP contribution in [0.4, 0.5) is 4.39 Å². The first-order valence-corrected chi connectivity index (χ1v) is 8.33. The summed E-state index contributed by atoms with van der Waals surface area (Å²) in [4.78, 5) is 2.42. The highest BCUT2D eigenvalue weighted by atomic mass is 19.1. The van der Waals surface area contributed by atoms with Crippen molar-refractivity contribution in [3.63, 3.8) is 0 Å². The molecular weight excluding hydrogens is 305 g/mol. The second kappa shape index (κ2) is 6.61. The number of hydrogen-bond acceptors (Lipinski definition) is 3. The Balaban J connectivity index is 1.53. The number of halogens is 1. The lowest BCUT2D eigenvalue weighted by Crippen LogP contribution is -2.34. The van der Waals surface area contributed by atoms with E-state index in [0.29, 0.717) is 5.92 Å². The Labute approximate surface area is 140 Å². The van der Waals surface area contributed by atoms with E-state index in [4.69, 9.17) is 4.42 Å². The van der Waals surface area contributed by atoms with Crippen LogP contribution in [0.1, 0.15) is 30.2 Å². The molecule has 2 aromatic heterocycles. The number of nitrogens with one attached hydrogen (secondary N) is 1. The van der Waals surface area contributed by atoms with Crippen LogP contribution in [-0.4, -0.2) is 28.2 Å². The number of piperidine rings is 1. The average molecular weight is 325 g/mol. The summed E-state index contributed by atoms with van der Waals surface area (Å²) in [6.07, 6.45) is 5.84. The third kappa shape index (κ3) is 3.12. The maximum absolute atomic E-state index is 13.2. The lowest BCUT2D eigenvalue weighted by molar-refractivity contribution is 0.185. The van der Waals surface area contributed by atoms with Crippen LogP contribution in [0.2, 0.25) is 0 Å². The molecule has 1 aromatic carbocycles. The number of likely N-dealkylation sites (tertiary alicyclic amines) is 1. The van der Waals surface area contributed by atoms with E-state index in [0.717, 1.165) is 55.1 Å². The van der Waals surface area contributed by atoms with E-state index in [1.54, 1.807) is 6.26 Å². The maximum atomic E-state index is 13.2. The minimum Gasteiger partial charge on any atom is -0.468 e. The zero-order chi connectivity index (χ0) is 16.4. The molecule has 4 rings (SSSR count). The van der Waals surface area contributed by atoms with E-state index in [1.165, 1.54) is 12.1 Å². The van der Waals surface area contributed by atoms with Crippen LogP contribution in [0.5, 0.6) is 0 Å². The van der Waals surface area contributed by atoms with Crippen molar-refractivity contribution in [2.45, 2.75) is 25.3 Å². The molecule has 0 radical (unpaired) electrons. The van der Waals surface area contributed by atoms with Crippen molar-refractivity contribution in [3.05, 3.63) is 66.1 Å². The van der Waals surface area contributed by atoms with Crippen molar-refractivity contribution >= 4 is 0 Å². The molecule has 1 unspecified atom stereocenters. The molecule has 3 aromatic rings. The van der Waals surface area contributed by atoms with Crippen LogP contribution in [0.3, 0.4) is 0 Å². The van der Waals surface area contributed by atoms with Gasteiger partial charge in [0.1, 0.15) is 11.6 Å². The minimum absolute atomic E-state index is 0.217. The van der Waals surface area contributed by atoms with Crippen LogP contribution in [0.25, 0.3) is 11.1 Å². The molecule has 3 heterocycles. The van der Waals surface area contributed by atoms with E-state index in [2.05, 4.69) is 15.1 Å². The molecule has 0 bridgehead atoms. The molecule has 124 valence electrons. The van der Waals surface area contributed by atoms with Gasteiger partial charge in [0.2, 0.25) is 0 Å². The van der Waals surface area contributed by atoms with E-state index in [-0.39, 0.29) is 5.82 Å². The Hall–Kier alpha value is -2.40. The number of aromatic nitrogens is 2. The van der Waals surface area contributed by atoms with Crippen LogP contribution < -0.4 is 0 Å². The van der Waals surface area contributed by atoms with Gasteiger partial charge in [-0.15, -0.1) is 0 Å². The zero-order valence-electron chi connectivity index (χ0n) is 13.4. The van der Waals surface area contributed by atoms with Crippen LogP contribution in [0, 0.1) is 5.82 Å². The molecule has 0 amide bonds. The topological polar surface area (TPSA) is 45.1 Å². The lowest BCUT2D eigenvalue weighted by atomic mass is 9.90. The van der Waals surface area contributed by atoms with Gasteiger partial charge < -0.3 is 4.42 Å². The van der Waals surface area contributed by atoms with Gasteiger partial charge in [-0.05, 0) is 49.2 Å². The van der Waals surface area contributed by atoms with Crippen molar-refractivity contribution in [2.75, 3.05) is 13.1 Å². The molecule has 1 aliphatic heterocycles. The number of benzene rings is 1. The van der Waals surface area contributed by atoms with Crippen molar-refractivity contribution in [3.8, 4) is 11.1 Å². The number of hydrogen-bond donors (Lipinski definition) is 1. The summed E-state index contributed by atoms with van der Waals surface area (Å²) in [6, 6.07) is 10.6. The fraction of sp³-hybridized carbons (Fsp3) is 0.316. The van der Waals surface area contributed by atoms with Gasteiger partial charge in [-0.3, -0.25) is 10.00 Å². The van der Waals surface area contributed by atoms with E-state index in [9.17, 15) is 4.39 Å². The largest absolute Gasteiger partial charge is 0.468 e. The first-order chi connectivity index (χ1) is 11.8. The summed E-state index contributed by atoms with van der Waals surface area (Å²) in [5.41, 5.74) is 3.22. The molecule has 24 heavy (non-hydrogen) atoms. The standard InChI is InChI=1S/C19H20FN3O/c20-16-7-5-14(6-8-16)18-11-21-22-19(18)15-3-1-9-23(12-15)13-17-4-2-10-24-17/h2,4-8,10-11,15H,1,3,9,12-13H2,(H,21,22). The van der Waals surface area contributed by atoms with Gasteiger partial charge in [0.05, 0.1) is 19.0 Å². The molecular formula is C19H20FN3O. The number of H-pyrrole nitrogens is 1. The third-order valence-electron chi connectivity index (χ3n) is 4.70. The first kappa shape index (κ1) is 15.1. The van der Waals surface area contributed by atoms with Gasteiger partial charge in [0, 0.05) is 23.7 Å². The molecule has 1 atom stereocenters. The van der Waals surface area contributed by atoms with E-state index < -0.39 is 0 Å². The van der Waals surface area contributed by atoms with Gasteiger partial charge >= 0.3 is 0 Å². The minimum atomic E-state index is -0.217. The van der Waals surface area contributed by atoms with Gasteiger partial charge in [-0.25, -0.2) is 4.39 Å². The second-order valence-electron chi connectivity index (χ2n) is 6.36. The summed E-state index contributed by atoms with van der Waals surface area (Å²) >= 11 is 0. The molecule has 4 nitrogen and oxygen atoms in total. The predicted molar refractivity (Wildman–Crippen MR) is 89.9 cm³/mol. The van der Waals surface area contributed by atoms with Crippen LogP contribution in [0.15, 0.2) is 53.3 Å². The summed E-state index contributed by atoms with van der Waals surface area (Å²) in [5, 5.41) is 7.42. The Morgan fingerprint density at radius 2 is 2.12 bits per heavy atom. The Bertz CT molecular complexity index is 779. The summed E-state index contributed by atoms with van der Waals surface area (Å²) in [7, 11) is 0. The van der Waals surface area contributed by atoms with Crippen molar-refractivity contribution < 1.29 is 8.81 Å². The number of furan rings is 1. The normalized spacial score (nSPS) is 18.8. The van der Waals surface area contributed by atoms with Crippen LogP contribution >= 0.6 is 0 Å². The fourth-order valence-corrected chi connectivity index (χ4v) is 3.52. The highest BCUT2D eigenvalue weighted by molar-refractivity contribution is 5.65. The Kier molecular flexibility index (Phi) is 4.17. The summed E-state index contributed by atoms with van der Waals surface area (Å²) in [5.74, 6) is 1.18. The Morgan fingerprint density at radius 1 is 1.25 bits per heavy atom. The molecule has 0 aliphatic carbocycles. The molecule has 1 saturated heterocycles. The molecule has 5 heteroatoms. The van der Waals surface area contributed by atoms with Crippen molar-refractivity contribution in [2.24, 2.45) is 0 Å². The van der Waals surface area contributed by atoms with Gasteiger partial charge in [-0.1, -0.05) is 12.1 Å². The van der Waals surface area contributed by atoms with Crippen LogP contribution in [-0.2, 0) is 6.54 Å². The Morgan fingerprint density at radius 3 is 2.92 bits per heavy atom. The lowest BCUT2D eigenvalue weighted by Gasteiger charge is -2.32. The van der Waals surface area contributed by atoms with E-state index in [1.807, 2.05) is 30.5 Å². The smallest absolute Gasteiger partial charge is 0.123 e. The summed E-state index contributed by atoms with van der Waals surface area (Å²) < 4.78 is 18.6. The SMILES string of the molecule is Fc1ccc(-c2cn[nH]c2C2CCCN(Cc3ccco3)C2)cc1. The third-order valence-corrected chi connectivity index (χ3v) is 4.70. The molecule has 0 spiro atoms. The van der Waals surface area contributed by atoms with Gasteiger partial charge in [-0.2, -0.15) is 5.10 Å². The van der Waals surface area contributed by atoms with Gasteiger partial charge in [0.25, 0.3) is 0 Å². The molecule has 1 N–H and O–H groups in total. The second-order valence-corrected chi connectivity index (χ2v) is 6.36. The highest BCUT2D eigenvalue weighted by Crippen LogP contribution is 2.33. The molecule has 1 fully saturated rings. The number of aromatic amines is 1. The summed E-state index contributed by atoms with van der Waals surface area (Å²) in [6.45, 7) is 2.89. The zero-order valence-corrected chi connectivity index (χ0v) is 13.4. The van der Waals surface area contributed by atoms with Crippen molar-refractivity contribution in [1.29, 1.82) is 0 Å². The highest BCUT2D eigenvalue weighted by Gasteiger charge is 2.25. The monoisotopic (exact) mass is 325 g/mol. The van der Waals surface area contributed by atoms with E-state index >= 15 is 0 Å². The maximum Gasteiger partial charge on any atom is 0.123 e. The fourth-order valence-electron chi connectivity index (χ4n) is 3.52. The number of nitrogens with zero attached hydrogens (tertiary/aromatic N) is 2. The van der Waals surface area contributed by atoms with Crippen molar-refractivity contribution in [1.82, 2.24) is 15.1 Å². The molecule has 0 saturated carbocycles. The quantitative estimate of drug-likeness (QED) is 0.782. The predicted octanol–water partition coefficient (Wildman–Crippen LogP) is 4.19. The number of rotatable bonds is 4. The molecule has 1 aliphatic rings.